The molecule has 1 unspecified atom stereocenters. The van der Waals surface area contributed by atoms with Crippen molar-refractivity contribution in [2.45, 2.75) is 25.8 Å². The van der Waals surface area contributed by atoms with E-state index in [2.05, 4.69) is 21.0 Å². The summed E-state index contributed by atoms with van der Waals surface area (Å²) in [5.41, 5.74) is 0.395. The fraction of sp³-hybridized carbons (Fsp3) is 0.385. The number of nitrogens with zero attached hydrogens (tertiary/aromatic N) is 1. The molecule has 0 amide bonds. The molecule has 1 N–H and O–H groups in total. The third kappa shape index (κ3) is 3.49. The number of nitrogens with one attached hydrogen (secondary N) is 1. The molecule has 0 fully saturated rings. The van der Waals surface area contributed by atoms with Crippen LogP contribution in [0.3, 0.4) is 0 Å². The molecule has 90 valence electrons. The molecule has 0 bridgehead atoms. The van der Waals surface area contributed by atoms with Gasteiger partial charge >= 0.3 is 5.97 Å². The summed E-state index contributed by atoms with van der Waals surface area (Å²) in [6.07, 6.45) is 8.80. The number of terminal acetylenes is 1. The first-order valence-corrected chi connectivity index (χ1v) is 5.49. The zero-order valence-corrected chi connectivity index (χ0v) is 10.1. The average molecular weight is 232 g/mol. The molecule has 0 spiro atoms. The van der Waals surface area contributed by atoms with Crippen LogP contribution < -0.4 is 5.32 Å². The van der Waals surface area contributed by atoms with E-state index in [0.29, 0.717) is 11.4 Å². The van der Waals surface area contributed by atoms with E-state index in [-0.39, 0.29) is 6.04 Å². The second-order valence-electron chi connectivity index (χ2n) is 3.54. The predicted molar refractivity (Wildman–Crippen MR) is 66.7 cm³/mol. The largest absolute Gasteiger partial charge is 0.465 e. The third-order valence-corrected chi connectivity index (χ3v) is 2.30. The second-order valence-corrected chi connectivity index (χ2v) is 3.54. The number of hydrogen-bond donors (Lipinski definition) is 1. The molecule has 1 heterocycles. The molecule has 1 atom stereocenters. The van der Waals surface area contributed by atoms with E-state index in [1.54, 1.807) is 18.3 Å². The Morgan fingerprint density at radius 3 is 3.06 bits per heavy atom. The Bertz CT molecular complexity index is 424. The number of rotatable bonds is 5. The van der Waals surface area contributed by atoms with Gasteiger partial charge in [0.2, 0.25) is 0 Å². The Kier molecular flexibility index (Phi) is 5.02. The molecule has 0 aliphatic heterocycles. The summed E-state index contributed by atoms with van der Waals surface area (Å²) in [6, 6.07) is 3.21. The highest BCUT2D eigenvalue weighted by atomic mass is 16.5. The Balaban J connectivity index is 2.90. The van der Waals surface area contributed by atoms with Gasteiger partial charge in [-0.1, -0.05) is 19.3 Å². The van der Waals surface area contributed by atoms with E-state index in [4.69, 9.17) is 6.42 Å². The lowest BCUT2D eigenvalue weighted by atomic mass is 10.1. The molecule has 17 heavy (non-hydrogen) atoms. The van der Waals surface area contributed by atoms with Crippen LogP contribution >= 0.6 is 0 Å². The van der Waals surface area contributed by atoms with Crippen LogP contribution in [-0.4, -0.2) is 24.1 Å². The average Bonchev–Trinajstić information content (AvgIpc) is 2.38. The van der Waals surface area contributed by atoms with Gasteiger partial charge in [0.05, 0.1) is 13.2 Å². The molecule has 0 aliphatic carbocycles. The SMILES string of the molecule is C#CC(CCC)Nc1ncccc1C(=O)OC. The molecule has 4 nitrogen and oxygen atoms in total. The minimum Gasteiger partial charge on any atom is -0.465 e. The number of hydrogen-bond acceptors (Lipinski definition) is 4. The van der Waals surface area contributed by atoms with Crippen molar-refractivity contribution >= 4 is 11.8 Å². The van der Waals surface area contributed by atoms with Gasteiger partial charge in [-0.25, -0.2) is 9.78 Å². The summed E-state index contributed by atoms with van der Waals surface area (Å²) in [5, 5.41) is 3.07. The summed E-state index contributed by atoms with van der Waals surface area (Å²) >= 11 is 0. The number of methoxy groups -OCH3 is 1. The normalized spacial score (nSPS) is 11.4. The molecule has 0 aromatic carbocycles. The summed E-state index contributed by atoms with van der Waals surface area (Å²) in [4.78, 5) is 15.6. The fourth-order valence-corrected chi connectivity index (χ4v) is 1.45. The van der Waals surface area contributed by atoms with Gasteiger partial charge in [0.1, 0.15) is 11.4 Å². The van der Waals surface area contributed by atoms with Crippen molar-refractivity contribution in [1.29, 1.82) is 0 Å². The van der Waals surface area contributed by atoms with Crippen molar-refractivity contribution in [2.75, 3.05) is 12.4 Å². The van der Waals surface area contributed by atoms with Crippen LogP contribution in [0, 0.1) is 12.3 Å². The molecule has 1 aromatic heterocycles. The lowest BCUT2D eigenvalue weighted by Crippen LogP contribution is -2.20. The van der Waals surface area contributed by atoms with Crippen molar-refractivity contribution in [3.63, 3.8) is 0 Å². The fourth-order valence-electron chi connectivity index (χ4n) is 1.45. The molecule has 0 saturated heterocycles. The first-order chi connectivity index (χ1) is 8.22. The Morgan fingerprint density at radius 2 is 2.47 bits per heavy atom. The maximum absolute atomic E-state index is 11.5. The Morgan fingerprint density at radius 1 is 1.71 bits per heavy atom. The van der Waals surface area contributed by atoms with Crippen LogP contribution in [0.1, 0.15) is 30.1 Å². The number of anilines is 1. The lowest BCUT2D eigenvalue weighted by molar-refractivity contribution is 0.0601. The molecular weight excluding hydrogens is 216 g/mol. The monoisotopic (exact) mass is 232 g/mol. The standard InChI is InChI=1S/C13H16N2O2/c1-4-7-10(5-2)15-12-11(13(16)17-3)8-6-9-14-12/h2,6,8-10H,4,7H2,1,3H3,(H,14,15). The van der Waals surface area contributed by atoms with Gasteiger partial charge in [-0.15, -0.1) is 6.42 Å². The number of ether oxygens (including phenoxy) is 1. The predicted octanol–water partition coefficient (Wildman–Crippen LogP) is 2.08. The maximum Gasteiger partial charge on any atom is 0.341 e. The van der Waals surface area contributed by atoms with Gasteiger partial charge in [0.15, 0.2) is 0 Å². The van der Waals surface area contributed by atoms with E-state index in [1.807, 2.05) is 6.92 Å². The minimum absolute atomic E-state index is 0.127. The first-order valence-electron chi connectivity index (χ1n) is 5.49. The van der Waals surface area contributed by atoms with Crippen molar-refractivity contribution in [2.24, 2.45) is 0 Å². The van der Waals surface area contributed by atoms with Gasteiger partial charge < -0.3 is 10.1 Å². The van der Waals surface area contributed by atoms with Gasteiger partial charge in [0, 0.05) is 6.20 Å². The van der Waals surface area contributed by atoms with Gasteiger partial charge in [-0.3, -0.25) is 0 Å². The zero-order chi connectivity index (χ0) is 12.7. The van der Waals surface area contributed by atoms with Crippen LogP contribution in [0.25, 0.3) is 0 Å². The Hall–Kier alpha value is -2.02. The highest BCUT2D eigenvalue weighted by molar-refractivity contribution is 5.94. The molecule has 0 saturated carbocycles. The third-order valence-electron chi connectivity index (χ3n) is 2.30. The molecule has 4 heteroatoms. The summed E-state index contributed by atoms with van der Waals surface area (Å²) < 4.78 is 4.68. The minimum atomic E-state index is -0.423. The second kappa shape index (κ2) is 6.54. The lowest BCUT2D eigenvalue weighted by Gasteiger charge is -2.14. The molecular formula is C13H16N2O2. The number of carbonyl (C=O) groups excluding carboxylic acids is 1. The number of aromatic nitrogens is 1. The topological polar surface area (TPSA) is 51.2 Å². The van der Waals surface area contributed by atoms with Gasteiger partial charge in [0.25, 0.3) is 0 Å². The summed E-state index contributed by atoms with van der Waals surface area (Å²) in [5.74, 6) is 2.68. The van der Waals surface area contributed by atoms with Crippen LogP contribution in [0.5, 0.6) is 0 Å². The first kappa shape index (κ1) is 13.0. The Labute approximate surface area is 101 Å². The van der Waals surface area contributed by atoms with E-state index in [9.17, 15) is 4.79 Å². The van der Waals surface area contributed by atoms with E-state index in [1.165, 1.54) is 7.11 Å². The van der Waals surface area contributed by atoms with E-state index >= 15 is 0 Å². The van der Waals surface area contributed by atoms with Crippen LogP contribution in [0.15, 0.2) is 18.3 Å². The molecule has 0 aliphatic rings. The van der Waals surface area contributed by atoms with Crippen molar-refractivity contribution < 1.29 is 9.53 Å². The van der Waals surface area contributed by atoms with Crippen molar-refractivity contribution in [1.82, 2.24) is 4.98 Å². The van der Waals surface area contributed by atoms with Gasteiger partial charge in [-0.05, 0) is 18.6 Å². The zero-order valence-electron chi connectivity index (χ0n) is 10.1. The highest BCUT2D eigenvalue weighted by Crippen LogP contribution is 2.14. The van der Waals surface area contributed by atoms with Crippen LogP contribution in [-0.2, 0) is 4.74 Å². The molecule has 1 aromatic rings. The summed E-state index contributed by atoms with van der Waals surface area (Å²) in [6.45, 7) is 2.05. The molecule has 0 radical (unpaired) electrons. The number of pyridine rings is 1. The smallest absolute Gasteiger partial charge is 0.341 e. The molecule has 1 rings (SSSR count). The van der Waals surface area contributed by atoms with E-state index in [0.717, 1.165) is 12.8 Å². The highest BCUT2D eigenvalue weighted by Gasteiger charge is 2.14. The van der Waals surface area contributed by atoms with Crippen LogP contribution in [0.2, 0.25) is 0 Å². The summed E-state index contributed by atoms with van der Waals surface area (Å²) in [7, 11) is 1.34. The number of esters is 1. The van der Waals surface area contributed by atoms with E-state index < -0.39 is 5.97 Å². The quantitative estimate of drug-likeness (QED) is 0.624. The van der Waals surface area contributed by atoms with Crippen LogP contribution in [0.4, 0.5) is 5.82 Å². The number of carbonyl (C=O) groups is 1. The van der Waals surface area contributed by atoms with Crippen molar-refractivity contribution in [3.05, 3.63) is 23.9 Å². The maximum atomic E-state index is 11.5. The van der Waals surface area contributed by atoms with Crippen molar-refractivity contribution in [3.8, 4) is 12.3 Å². The van der Waals surface area contributed by atoms with Gasteiger partial charge in [-0.2, -0.15) is 0 Å².